The number of thioether (sulfide) groups is 1. The van der Waals surface area contributed by atoms with E-state index < -0.39 is 49.3 Å². The van der Waals surface area contributed by atoms with Crippen molar-refractivity contribution in [2.75, 3.05) is 33.8 Å². The number of ether oxygens (including phenoxy) is 1. The zero-order chi connectivity index (χ0) is 33.7. The number of carbonyl (C=O) groups is 1. The molecule has 0 fully saturated rings. The summed E-state index contributed by atoms with van der Waals surface area (Å²) in [6.07, 6.45) is -2.94. The Bertz CT molecular complexity index is 1910. The molecule has 0 aliphatic carbocycles. The lowest BCUT2D eigenvalue weighted by Crippen LogP contribution is -2.38. The summed E-state index contributed by atoms with van der Waals surface area (Å²) in [6, 6.07) is 19.8. The quantitative estimate of drug-likeness (QED) is 0.150. The first-order valence-electron chi connectivity index (χ1n) is 13.3. The number of anilines is 3. The van der Waals surface area contributed by atoms with Crippen LogP contribution in [0.1, 0.15) is 12.5 Å². The second-order valence-electron chi connectivity index (χ2n) is 9.48. The number of alkyl halides is 3. The van der Waals surface area contributed by atoms with E-state index in [-0.39, 0.29) is 26.9 Å². The van der Waals surface area contributed by atoms with Gasteiger partial charge in [-0.05, 0) is 104 Å². The highest BCUT2D eigenvalue weighted by Gasteiger charge is 2.34. The van der Waals surface area contributed by atoms with Crippen LogP contribution in [0.4, 0.5) is 30.2 Å². The van der Waals surface area contributed by atoms with Gasteiger partial charge in [-0.3, -0.25) is 13.8 Å². The van der Waals surface area contributed by atoms with Crippen LogP contribution in [0.25, 0.3) is 0 Å². The van der Waals surface area contributed by atoms with Crippen LogP contribution in [-0.4, -0.2) is 42.2 Å². The van der Waals surface area contributed by atoms with Crippen LogP contribution >= 0.6 is 23.4 Å². The second kappa shape index (κ2) is 14.2. The molecule has 244 valence electrons. The Hall–Kier alpha value is -3.92. The Kier molecular flexibility index (Phi) is 10.8. The first-order chi connectivity index (χ1) is 21.6. The Morgan fingerprint density at radius 1 is 0.870 bits per heavy atom. The van der Waals surface area contributed by atoms with E-state index >= 15 is 0 Å². The molecule has 0 aliphatic rings. The van der Waals surface area contributed by atoms with E-state index in [0.29, 0.717) is 18.4 Å². The summed E-state index contributed by atoms with van der Waals surface area (Å²) in [5.74, 6) is -0.216. The molecule has 0 heterocycles. The third kappa shape index (κ3) is 8.46. The van der Waals surface area contributed by atoms with Gasteiger partial charge in [0.15, 0.2) is 0 Å². The Morgan fingerprint density at radius 3 is 2.02 bits per heavy atom. The highest BCUT2D eigenvalue weighted by atomic mass is 35.5. The van der Waals surface area contributed by atoms with Crippen molar-refractivity contribution in [2.45, 2.75) is 27.8 Å². The highest BCUT2D eigenvalue weighted by molar-refractivity contribution is 7.98. The van der Waals surface area contributed by atoms with Gasteiger partial charge in [0.25, 0.3) is 20.0 Å². The summed E-state index contributed by atoms with van der Waals surface area (Å²) in [5, 5.41) is 1.96. The number of rotatable bonds is 12. The van der Waals surface area contributed by atoms with E-state index in [1.807, 2.05) is 6.26 Å². The number of hydrogen-bond acceptors (Lipinski definition) is 7. The summed E-state index contributed by atoms with van der Waals surface area (Å²) in [4.78, 5) is 13.6. The highest BCUT2D eigenvalue weighted by Crippen LogP contribution is 2.36. The van der Waals surface area contributed by atoms with E-state index in [9.17, 15) is 34.8 Å². The van der Waals surface area contributed by atoms with Gasteiger partial charge < -0.3 is 10.1 Å². The van der Waals surface area contributed by atoms with Crippen molar-refractivity contribution < 1.29 is 39.5 Å². The normalized spacial score (nSPS) is 12.0. The molecule has 4 aromatic rings. The van der Waals surface area contributed by atoms with Gasteiger partial charge in [-0.15, -0.1) is 11.8 Å². The van der Waals surface area contributed by atoms with E-state index in [4.69, 9.17) is 16.3 Å². The number of nitrogens with one attached hydrogen (secondary N) is 2. The van der Waals surface area contributed by atoms with Crippen LogP contribution in [0.2, 0.25) is 5.02 Å². The van der Waals surface area contributed by atoms with Crippen LogP contribution in [-0.2, 0) is 31.0 Å². The van der Waals surface area contributed by atoms with Gasteiger partial charge in [0.2, 0.25) is 5.91 Å². The predicted molar refractivity (Wildman–Crippen MR) is 173 cm³/mol. The minimum atomic E-state index is -4.79. The fourth-order valence-corrected chi connectivity index (χ4v) is 7.24. The third-order valence-corrected chi connectivity index (χ3v) is 10.6. The molecule has 4 aromatic carbocycles. The number of amides is 1. The zero-order valence-electron chi connectivity index (χ0n) is 24.2. The summed E-state index contributed by atoms with van der Waals surface area (Å²) < 4.78 is 101. The maximum Gasteiger partial charge on any atom is 0.417 e. The van der Waals surface area contributed by atoms with Crippen molar-refractivity contribution in [2.24, 2.45) is 0 Å². The van der Waals surface area contributed by atoms with Crippen molar-refractivity contribution >= 4 is 66.4 Å². The summed E-state index contributed by atoms with van der Waals surface area (Å²) in [5.41, 5.74) is -1.21. The molecule has 2 N–H and O–H groups in total. The van der Waals surface area contributed by atoms with Crippen molar-refractivity contribution in [1.29, 1.82) is 0 Å². The van der Waals surface area contributed by atoms with Crippen molar-refractivity contribution in [3.8, 4) is 5.75 Å². The van der Waals surface area contributed by atoms with Gasteiger partial charge in [-0.1, -0.05) is 11.6 Å². The Labute approximate surface area is 273 Å². The number of sulfonamides is 2. The average Bonchev–Trinajstić information content (AvgIpc) is 3.01. The number of carbonyl (C=O) groups excluding carboxylic acids is 1. The van der Waals surface area contributed by atoms with Crippen LogP contribution < -0.4 is 19.1 Å². The molecule has 0 saturated heterocycles. The Balaban J connectivity index is 1.53. The van der Waals surface area contributed by atoms with E-state index in [1.165, 1.54) is 48.2 Å². The largest absolute Gasteiger partial charge is 0.494 e. The third-order valence-electron chi connectivity index (χ3n) is 6.34. The average molecular weight is 714 g/mol. The lowest BCUT2D eigenvalue weighted by Gasteiger charge is -2.24. The molecule has 0 atom stereocenters. The Morgan fingerprint density at radius 2 is 1.46 bits per heavy atom. The molecule has 0 aliphatic heterocycles. The topological polar surface area (TPSA) is 122 Å². The van der Waals surface area contributed by atoms with Gasteiger partial charge in [0.05, 0.1) is 32.7 Å². The van der Waals surface area contributed by atoms with Crippen LogP contribution in [0, 0.1) is 0 Å². The first-order valence-corrected chi connectivity index (χ1v) is 17.9. The second-order valence-corrected chi connectivity index (χ2v) is 14.3. The van der Waals surface area contributed by atoms with Crippen molar-refractivity contribution in [3.05, 3.63) is 102 Å². The minimum absolute atomic E-state index is 0.0305. The fraction of sp³-hybridized carbons (Fsp3) is 0.167. The molecular formula is C30H27ClF3N3O6S3. The number of halogens is 4. The standard InChI is InChI=1S/C30H27ClF3N3O6S3/c1-3-43-23-9-7-22(8-10-23)37(46(41,42)26-15-11-24(44-2)12-16-26)19-29(38)35-20-4-13-25(14-5-20)45(39,40)36-21-6-17-28(31)27(18-21)30(32,33)34/h4-18,36H,3,19H2,1-2H3,(H,35,38). The molecule has 0 saturated carbocycles. The molecule has 9 nitrogen and oxygen atoms in total. The summed E-state index contributed by atoms with van der Waals surface area (Å²) >= 11 is 7.05. The van der Waals surface area contributed by atoms with Gasteiger partial charge in [-0.25, -0.2) is 16.8 Å². The molecule has 4 rings (SSSR count). The van der Waals surface area contributed by atoms with Crippen LogP contribution in [0.15, 0.2) is 106 Å². The molecule has 0 spiro atoms. The van der Waals surface area contributed by atoms with Crippen LogP contribution in [0.5, 0.6) is 5.75 Å². The van der Waals surface area contributed by atoms with E-state index in [0.717, 1.165) is 33.5 Å². The molecule has 0 bridgehead atoms. The van der Waals surface area contributed by atoms with Crippen molar-refractivity contribution in [3.63, 3.8) is 0 Å². The van der Waals surface area contributed by atoms with Crippen LogP contribution in [0.3, 0.4) is 0 Å². The molecule has 16 heteroatoms. The molecule has 0 aromatic heterocycles. The monoisotopic (exact) mass is 713 g/mol. The fourth-order valence-electron chi connectivity index (χ4n) is 4.13. The minimum Gasteiger partial charge on any atom is -0.494 e. The zero-order valence-corrected chi connectivity index (χ0v) is 27.4. The first kappa shape index (κ1) is 34.9. The molecular weight excluding hydrogens is 687 g/mol. The maximum atomic E-state index is 13.7. The molecule has 1 amide bonds. The van der Waals surface area contributed by atoms with Gasteiger partial charge in [-0.2, -0.15) is 13.2 Å². The number of hydrogen-bond donors (Lipinski definition) is 2. The predicted octanol–water partition coefficient (Wildman–Crippen LogP) is 7.11. The maximum absolute atomic E-state index is 13.7. The summed E-state index contributed by atoms with van der Waals surface area (Å²) in [6.45, 7) is 1.58. The summed E-state index contributed by atoms with van der Waals surface area (Å²) in [7, 11) is -8.53. The molecule has 46 heavy (non-hydrogen) atoms. The van der Waals surface area contributed by atoms with E-state index in [1.54, 1.807) is 31.2 Å². The molecule has 0 radical (unpaired) electrons. The number of nitrogens with zero attached hydrogens (tertiary/aromatic N) is 1. The SMILES string of the molecule is CCOc1ccc(N(CC(=O)Nc2ccc(S(=O)(=O)Nc3ccc(Cl)c(C(F)(F)F)c3)cc2)S(=O)(=O)c2ccc(SC)cc2)cc1. The van der Waals surface area contributed by atoms with Gasteiger partial charge in [0.1, 0.15) is 12.3 Å². The lowest BCUT2D eigenvalue weighted by atomic mass is 10.2. The smallest absolute Gasteiger partial charge is 0.417 e. The number of benzene rings is 4. The molecule has 0 unspecified atom stereocenters. The van der Waals surface area contributed by atoms with Crippen molar-refractivity contribution in [1.82, 2.24) is 0 Å². The lowest BCUT2D eigenvalue weighted by molar-refractivity contribution is -0.137. The van der Waals surface area contributed by atoms with E-state index in [2.05, 4.69) is 10.0 Å². The van der Waals surface area contributed by atoms with Gasteiger partial charge >= 0.3 is 6.18 Å². The van der Waals surface area contributed by atoms with Gasteiger partial charge in [0, 0.05) is 16.3 Å².